The van der Waals surface area contributed by atoms with E-state index in [-0.39, 0.29) is 6.04 Å². The van der Waals surface area contributed by atoms with Crippen LogP contribution in [-0.2, 0) is 0 Å². The van der Waals surface area contributed by atoms with Crippen LogP contribution in [0.2, 0.25) is 0 Å². The van der Waals surface area contributed by atoms with Gasteiger partial charge in [0.2, 0.25) is 0 Å². The molecule has 0 aromatic carbocycles. The normalized spacial score (nSPS) is 12.5. The molecule has 3 nitrogen and oxygen atoms in total. The van der Waals surface area contributed by atoms with Crippen LogP contribution in [0.15, 0.2) is 47.4 Å². The second kappa shape index (κ2) is 4.97. The standard InChI is InChI=1S/C13H11N3S2/c14-12(9-3-1-5-15-7-9)13-16-10(8-18-13)11-4-2-6-17-11/h1-8,12H,14H2. The second-order valence-corrected chi connectivity index (χ2v) is 5.65. The number of pyridine rings is 1. The summed E-state index contributed by atoms with van der Waals surface area (Å²) >= 11 is 3.28. The third-order valence-electron chi connectivity index (χ3n) is 2.61. The Bertz CT molecular complexity index is 617. The van der Waals surface area contributed by atoms with Gasteiger partial charge in [-0.05, 0) is 23.1 Å². The third kappa shape index (κ3) is 2.20. The lowest BCUT2D eigenvalue weighted by Gasteiger charge is -2.07. The summed E-state index contributed by atoms with van der Waals surface area (Å²) in [6.07, 6.45) is 3.53. The average molecular weight is 273 g/mol. The molecular weight excluding hydrogens is 262 g/mol. The molecule has 0 aliphatic heterocycles. The van der Waals surface area contributed by atoms with E-state index in [1.165, 1.54) is 4.88 Å². The Balaban J connectivity index is 1.90. The highest BCUT2D eigenvalue weighted by Crippen LogP contribution is 2.29. The number of thiazole rings is 1. The lowest BCUT2D eigenvalue weighted by Crippen LogP contribution is -2.11. The number of nitrogens with zero attached hydrogens (tertiary/aromatic N) is 2. The maximum Gasteiger partial charge on any atom is 0.115 e. The van der Waals surface area contributed by atoms with Crippen molar-refractivity contribution in [1.82, 2.24) is 9.97 Å². The van der Waals surface area contributed by atoms with Crippen LogP contribution in [0.3, 0.4) is 0 Å². The molecule has 0 saturated carbocycles. The van der Waals surface area contributed by atoms with Gasteiger partial charge >= 0.3 is 0 Å². The molecule has 2 N–H and O–H groups in total. The Hall–Kier alpha value is -1.56. The van der Waals surface area contributed by atoms with Gasteiger partial charge in [-0.15, -0.1) is 22.7 Å². The largest absolute Gasteiger partial charge is 0.318 e. The van der Waals surface area contributed by atoms with Gasteiger partial charge in [-0.25, -0.2) is 4.98 Å². The molecule has 0 spiro atoms. The molecule has 3 rings (SSSR count). The summed E-state index contributed by atoms with van der Waals surface area (Å²) in [6, 6.07) is 7.77. The van der Waals surface area contributed by atoms with E-state index in [9.17, 15) is 0 Å². The quantitative estimate of drug-likeness (QED) is 0.796. The van der Waals surface area contributed by atoms with Gasteiger partial charge in [0, 0.05) is 17.8 Å². The van der Waals surface area contributed by atoms with Crippen LogP contribution >= 0.6 is 22.7 Å². The maximum absolute atomic E-state index is 6.19. The zero-order valence-electron chi connectivity index (χ0n) is 9.48. The number of thiophene rings is 1. The molecule has 3 aromatic heterocycles. The molecule has 0 aliphatic carbocycles. The number of rotatable bonds is 3. The van der Waals surface area contributed by atoms with Crippen LogP contribution in [0.25, 0.3) is 10.6 Å². The minimum absolute atomic E-state index is 0.197. The van der Waals surface area contributed by atoms with Crippen molar-refractivity contribution in [2.45, 2.75) is 6.04 Å². The second-order valence-electron chi connectivity index (χ2n) is 3.81. The predicted molar refractivity (Wildman–Crippen MR) is 75.7 cm³/mol. The van der Waals surface area contributed by atoms with Gasteiger partial charge in [0.25, 0.3) is 0 Å². The maximum atomic E-state index is 6.19. The van der Waals surface area contributed by atoms with Gasteiger partial charge in [-0.1, -0.05) is 12.1 Å². The van der Waals surface area contributed by atoms with E-state index in [4.69, 9.17) is 5.73 Å². The van der Waals surface area contributed by atoms with E-state index in [1.807, 2.05) is 18.2 Å². The van der Waals surface area contributed by atoms with Crippen molar-refractivity contribution in [3.63, 3.8) is 0 Å². The van der Waals surface area contributed by atoms with Gasteiger partial charge in [0.1, 0.15) is 5.01 Å². The fraction of sp³-hybridized carbons (Fsp3) is 0.0769. The summed E-state index contributed by atoms with van der Waals surface area (Å²) in [5.41, 5.74) is 8.19. The monoisotopic (exact) mass is 273 g/mol. The first-order valence-corrected chi connectivity index (χ1v) is 7.25. The predicted octanol–water partition coefficient (Wildman–Crippen LogP) is 3.31. The molecule has 1 atom stereocenters. The van der Waals surface area contributed by atoms with E-state index < -0.39 is 0 Å². The molecule has 1 unspecified atom stereocenters. The highest BCUT2D eigenvalue weighted by molar-refractivity contribution is 7.14. The SMILES string of the molecule is NC(c1cccnc1)c1nc(-c2cccs2)cs1. The van der Waals surface area contributed by atoms with Gasteiger partial charge in [-0.2, -0.15) is 0 Å². The molecular formula is C13H11N3S2. The summed E-state index contributed by atoms with van der Waals surface area (Å²) in [5, 5.41) is 5.03. The smallest absolute Gasteiger partial charge is 0.115 e. The molecule has 0 fully saturated rings. The van der Waals surface area contributed by atoms with Gasteiger partial charge in [0.15, 0.2) is 0 Å². The average Bonchev–Trinajstić information content (AvgIpc) is 3.09. The van der Waals surface area contributed by atoms with Crippen LogP contribution in [-0.4, -0.2) is 9.97 Å². The van der Waals surface area contributed by atoms with Gasteiger partial charge in [0.05, 0.1) is 16.6 Å². The Labute approximate surface area is 113 Å². The first kappa shape index (κ1) is 11.5. The lowest BCUT2D eigenvalue weighted by atomic mass is 10.1. The molecule has 0 amide bonds. The van der Waals surface area contributed by atoms with E-state index in [0.29, 0.717) is 0 Å². The van der Waals surface area contributed by atoms with Gasteiger partial charge < -0.3 is 5.73 Å². The first-order valence-electron chi connectivity index (χ1n) is 5.49. The molecule has 0 saturated heterocycles. The fourth-order valence-electron chi connectivity index (χ4n) is 1.67. The van der Waals surface area contributed by atoms with Crippen LogP contribution in [0.4, 0.5) is 0 Å². The highest BCUT2D eigenvalue weighted by atomic mass is 32.1. The Kier molecular flexibility index (Phi) is 3.19. The third-order valence-corrected chi connectivity index (χ3v) is 4.43. The number of aromatic nitrogens is 2. The summed E-state index contributed by atoms with van der Waals surface area (Å²) in [7, 11) is 0. The zero-order chi connectivity index (χ0) is 12.4. The van der Waals surface area contributed by atoms with Crippen LogP contribution < -0.4 is 5.73 Å². The highest BCUT2D eigenvalue weighted by Gasteiger charge is 2.14. The van der Waals surface area contributed by atoms with Crippen LogP contribution in [0.5, 0.6) is 0 Å². The molecule has 3 aromatic rings. The zero-order valence-corrected chi connectivity index (χ0v) is 11.1. The van der Waals surface area contributed by atoms with Crippen molar-refractivity contribution >= 4 is 22.7 Å². The minimum atomic E-state index is -0.197. The summed E-state index contributed by atoms with van der Waals surface area (Å²) in [6.45, 7) is 0. The summed E-state index contributed by atoms with van der Waals surface area (Å²) < 4.78 is 0. The van der Waals surface area contributed by atoms with E-state index in [2.05, 4.69) is 26.8 Å². The Morgan fingerprint density at radius 2 is 2.11 bits per heavy atom. The summed E-state index contributed by atoms with van der Waals surface area (Å²) in [4.78, 5) is 9.87. The van der Waals surface area contributed by atoms with E-state index >= 15 is 0 Å². The van der Waals surface area contributed by atoms with Gasteiger partial charge in [-0.3, -0.25) is 4.98 Å². The van der Waals surface area contributed by atoms with Crippen molar-refractivity contribution in [2.75, 3.05) is 0 Å². The Morgan fingerprint density at radius 1 is 1.17 bits per heavy atom. The fourth-order valence-corrected chi connectivity index (χ4v) is 3.28. The number of nitrogens with two attached hydrogens (primary N) is 1. The first-order chi connectivity index (χ1) is 8.84. The lowest BCUT2D eigenvalue weighted by molar-refractivity contribution is 0.851. The number of hydrogen-bond donors (Lipinski definition) is 1. The van der Waals surface area contributed by atoms with E-state index in [0.717, 1.165) is 16.3 Å². The molecule has 18 heavy (non-hydrogen) atoms. The van der Waals surface area contributed by atoms with E-state index in [1.54, 1.807) is 35.1 Å². The van der Waals surface area contributed by atoms with Crippen molar-refractivity contribution in [1.29, 1.82) is 0 Å². The molecule has 5 heteroatoms. The van der Waals surface area contributed by atoms with Crippen molar-refractivity contribution in [2.24, 2.45) is 5.73 Å². The van der Waals surface area contributed by atoms with Crippen molar-refractivity contribution < 1.29 is 0 Å². The minimum Gasteiger partial charge on any atom is -0.318 e. The topological polar surface area (TPSA) is 51.8 Å². The summed E-state index contributed by atoms with van der Waals surface area (Å²) in [5.74, 6) is 0. The molecule has 90 valence electrons. The van der Waals surface area contributed by atoms with Crippen LogP contribution in [0.1, 0.15) is 16.6 Å². The number of hydrogen-bond acceptors (Lipinski definition) is 5. The molecule has 0 bridgehead atoms. The molecule has 0 radical (unpaired) electrons. The molecule has 0 aliphatic rings. The van der Waals surface area contributed by atoms with Crippen LogP contribution in [0, 0.1) is 0 Å². The van der Waals surface area contributed by atoms with Crippen molar-refractivity contribution in [3.8, 4) is 10.6 Å². The van der Waals surface area contributed by atoms with Crippen molar-refractivity contribution in [3.05, 3.63) is 58.0 Å². The molecule has 3 heterocycles. The Morgan fingerprint density at radius 3 is 2.83 bits per heavy atom.